The Labute approximate surface area is 248 Å². The van der Waals surface area contributed by atoms with E-state index >= 15 is 0 Å². The molecule has 212 valence electrons. The molecule has 2 heterocycles. The smallest absolute Gasteiger partial charge is 0.275 e. The number of anilines is 1. The topological polar surface area (TPSA) is 84.7 Å². The highest BCUT2D eigenvalue weighted by atomic mass is 32.1. The fourth-order valence-corrected chi connectivity index (χ4v) is 7.17. The van der Waals surface area contributed by atoms with Crippen molar-refractivity contribution in [3.8, 4) is 10.8 Å². The third-order valence-electron chi connectivity index (χ3n) is 7.77. The van der Waals surface area contributed by atoms with Crippen LogP contribution in [0.5, 0.6) is 5.75 Å². The van der Waals surface area contributed by atoms with Crippen LogP contribution in [0.3, 0.4) is 0 Å². The highest BCUT2D eigenvalue weighted by molar-refractivity contribution is 7.15. The molecule has 6 rings (SSSR count). The van der Waals surface area contributed by atoms with E-state index in [2.05, 4.69) is 20.4 Å². The molecule has 0 bridgehead atoms. The Balaban J connectivity index is 1.29. The first-order chi connectivity index (χ1) is 20.4. The number of para-hydroxylation sites is 1. The largest absolute Gasteiger partial charge is 0.496 e. The van der Waals surface area contributed by atoms with Gasteiger partial charge in [0.2, 0.25) is 0 Å². The maximum Gasteiger partial charge on any atom is 0.275 e. The molecule has 2 amide bonds. The number of methoxy groups -OCH3 is 1. The van der Waals surface area contributed by atoms with Gasteiger partial charge >= 0.3 is 0 Å². The van der Waals surface area contributed by atoms with E-state index in [4.69, 9.17) is 4.74 Å². The van der Waals surface area contributed by atoms with Gasteiger partial charge in [0.25, 0.3) is 11.8 Å². The Kier molecular flexibility index (Phi) is 7.63. The van der Waals surface area contributed by atoms with Crippen molar-refractivity contribution in [3.05, 3.63) is 111 Å². The Hall–Kier alpha value is -4.69. The first-order valence-electron chi connectivity index (χ1n) is 14.0. The predicted octanol–water partition coefficient (Wildman–Crippen LogP) is 7.21. The zero-order valence-corrected chi connectivity index (χ0v) is 24.7. The average Bonchev–Trinajstić information content (AvgIpc) is 3.52. The van der Waals surface area contributed by atoms with Crippen LogP contribution in [0.1, 0.15) is 60.9 Å². The first kappa shape index (κ1) is 27.5. The number of carbonyl (C=O) groups is 2. The number of rotatable bonds is 7. The van der Waals surface area contributed by atoms with Gasteiger partial charge in [-0.05, 0) is 86.2 Å². The van der Waals surface area contributed by atoms with Gasteiger partial charge in [-0.15, -0.1) is 11.3 Å². The molecule has 8 heteroatoms. The first-order valence-corrected chi connectivity index (χ1v) is 14.9. The lowest BCUT2D eigenvalue weighted by Gasteiger charge is -2.14. The molecule has 2 N–H and O–H groups in total. The van der Waals surface area contributed by atoms with Gasteiger partial charge in [-0.3, -0.25) is 9.59 Å². The number of nitrogens with zero attached hydrogens (tertiary/aromatic N) is 2. The van der Waals surface area contributed by atoms with Crippen LogP contribution in [0.15, 0.2) is 77.9 Å². The predicted molar refractivity (Wildman–Crippen MR) is 170 cm³/mol. The number of hydrogen-bond acceptors (Lipinski definition) is 5. The summed E-state index contributed by atoms with van der Waals surface area (Å²) in [6.45, 7) is 4.04. The van der Waals surface area contributed by atoms with Crippen LogP contribution < -0.4 is 15.5 Å². The van der Waals surface area contributed by atoms with E-state index in [-0.39, 0.29) is 11.8 Å². The van der Waals surface area contributed by atoms with Crippen LogP contribution in [0, 0.1) is 13.8 Å². The number of benzene rings is 3. The Morgan fingerprint density at radius 2 is 1.64 bits per heavy atom. The van der Waals surface area contributed by atoms with E-state index in [9.17, 15) is 9.59 Å². The van der Waals surface area contributed by atoms with Crippen molar-refractivity contribution in [1.82, 2.24) is 9.99 Å². The molecule has 3 aromatic carbocycles. The van der Waals surface area contributed by atoms with E-state index in [1.54, 1.807) is 24.7 Å². The molecule has 0 unspecified atom stereocenters. The van der Waals surface area contributed by atoms with Crippen LogP contribution in [-0.4, -0.2) is 29.7 Å². The molecule has 0 saturated carbocycles. The van der Waals surface area contributed by atoms with E-state index < -0.39 is 0 Å². The summed E-state index contributed by atoms with van der Waals surface area (Å²) in [5, 5.41) is 10.3. The van der Waals surface area contributed by atoms with Crippen molar-refractivity contribution >= 4 is 45.8 Å². The molecule has 0 atom stereocenters. The SMILES string of the molecule is COc1cc2ccccc2cc1C(=O)N/N=C\c1cc(C)n(-c2sc3c(c2C(=O)Nc2ccccc2)CCCC3)c1C. The number of aryl methyl sites for hydroxylation is 2. The van der Waals surface area contributed by atoms with E-state index in [1.807, 2.05) is 86.6 Å². The van der Waals surface area contributed by atoms with E-state index in [0.29, 0.717) is 11.3 Å². The lowest BCUT2D eigenvalue weighted by molar-refractivity contribution is 0.0951. The number of carbonyl (C=O) groups excluding carboxylic acids is 2. The van der Waals surface area contributed by atoms with Gasteiger partial charge in [0.05, 0.1) is 24.5 Å². The van der Waals surface area contributed by atoms with Gasteiger partial charge in [0.15, 0.2) is 0 Å². The third-order valence-corrected chi connectivity index (χ3v) is 9.04. The molecule has 0 aliphatic heterocycles. The minimum Gasteiger partial charge on any atom is -0.496 e. The van der Waals surface area contributed by atoms with Crippen LogP contribution in [-0.2, 0) is 12.8 Å². The van der Waals surface area contributed by atoms with Gasteiger partial charge in [-0.25, -0.2) is 5.43 Å². The Morgan fingerprint density at radius 3 is 2.40 bits per heavy atom. The molecule has 1 aliphatic rings. The number of ether oxygens (including phenoxy) is 1. The minimum absolute atomic E-state index is 0.0880. The molecule has 0 spiro atoms. The van der Waals surface area contributed by atoms with Gasteiger partial charge in [0, 0.05) is 27.5 Å². The van der Waals surface area contributed by atoms with Crippen molar-refractivity contribution < 1.29 is 14.3 Å². The Morgan fingerprint density at radius 1 is 0.929 bits per heavy atom. The summed E-state index contributed by atoms with van der Waals surface area (Å²) in [5.41, 5.74) is 8.55. The second-order valence-corrected chi connectivity index (χ2v) is 11.6. The van der Waals surface area contributed by atoms with Gasteiger partial charge in [-0.2, -0.15) is 5.10 Å². The van der Waals surface area contributed by atoms with E-state index in [0.717, 1.165) is 75.2 Å². The molecule has 0 saturated heterocycles. The summed E-state index contributed by atoms with van der Waals surface area (Å²) in [6.07, 6.45) is 5.76. The van der Waals surface area contributed by atoms with Gasteiger partial charge in [0.1, 0.15) is 10.8 Å². The highest BCUT2D eigenvalue weighted by Crippen LogP contribution is 2.39. The standard InChI is InChI=1S/C34H32N4O3S/c1-21-17-25(20-35-37-32(39)28-18-23-11-7-8-12-24(23)19-29(28)41-3)22(2)38(21)34-31(27-15-9-10-16-30(27)42-34)33(40)36-26-13-5-4-6-14-26/h4-8,11-14,17-20H,9-10,15-16H2,1-3H3,(H,36,40)(H,37,39)/b35-20-. The van der Waals surface area contributed by atoms with Crippen LogP contribution in [0.25, 0.3) is 15.8 Å². The van der Waals surface area contributed by atoms with Crippen LogP contribution in [0.4, 0.5) is 5.69 Å². The number of hydrogen-bond donors (Lipinski definition) is 2. The monoisotopic (exact) mass is 576 g/mol. The number of nitrogens with one attached hydrogen (secondary N) is 2. The average molecular weight is 577 g/mol. The van der Waals surface area contributed by atoms with E-state index in [1.165, 1.54) is 4.88 Å². The summed E-state index contributed by atoms with van der Waals surface area (Å²) in [4.78, 5) is 28.0. The lowest BCUT2D eigenvalue weighted by atomic mass is 9.95. The van der Waals surface area contributed by atoms with Crippen molar-refractivity contribution in [2.24, 2.45) is 5.10 Å². The van der Waals surface area contributed by atoms with Crippen LogP contribution >= 0.6 is 11.3 Å². The highest BCUT2D eigenvalue weighted by Gasteiger charge is 2.28. The normalized spacial score (nSPS) is 12.8. The van der Waals surface area contributed by atoms with Crippen molar-refractivity contribution in [1.29, 1.82) is 0 Å². The summed E-state index contributed by atoms with van der Waals surface area (Å²) in [7, 11) is 1.55. The Bertz CT molecular complexity index is 1830. The molecular weight excluding hydrogens is 544 g/mol. The lowest BCUT2D eigenvalue weighted by Crippen LogP contribution is -2.18. The maximum absolute atomic E-state index is 13.7. The second kappa shape index (κ2) is 11.7. The summed E-state index contributed by atoms with van der Waals surface area (Å²) >= 11 is 1.70. The van der Waals surface area contributed by atoms with Crippen molar-refractivity contribution in [2.45, 2.75) is 39.5 Å². The number of amides is 2. The molecule has 42 heavy (non-hydrogen) atoms. The van der Waals surface area contributed by atoms with Crippen molar-refractivity contribution in [2.75, 3.05) is 12.4 Å². The molecular formula is C34H32N4O3S. The number of thiophene rings is 1. The summed E-state index contributed by atoms with van der Waals surface area (Å²) in [6, 6.07) is 23.1. The van der Waals surface area contributed by atoms with Gasteiger partial charge < -0.3 is 14.6 Å². The summed E-state index contributed by atoms with van der Waals surface area (Å²) < 4.78 is 7.62. The molecule has 1 aliphatic carbocycles. The number of aromatic nitrogens is 1. The van der Waals surface area contributed by atoms with Crippen molar-refractivity contribution in [3.63, 3.8) is 0 Å². The number of hydrazone groups is 1. The summed E-state index contributed by atoms with van der Waals surface area (Å²) in [5.74, 6) is 0.0472. The second-order valence-electron chi connectivity index (χ2n) is 10.5. The fraction of sp³-hybridized carbons (Fsp3) is 0.206. The molecule has 2 aromatic heterocycles. The van der Waals surface area contributed by atoms with Crippen LogP contribution in [0.2, 0.25) is 0 Å². The maximum atomic E-state index is 13.7. The zero-order valence-electron chi connectivity index (χ0n) is 23.9. The molecule has 0 radical (unpaired) electrons. The number of fused-ring (bicyclic) bond motifs is 2. The minimum atomic E-state index is -0.353. The zero-order chi connectivity index (χ0) is 29.2. The fourth-order valence-electron chi connectivity index (χ4n) is 5.68. The molecule has 0 fully saturated rings. The van der Waals surface area contributed by atoms with Gasteiger partial charge in [-0.1, -0.05) is 42.5 Å². The molecule has 5 aromatic rings. The quantitative estimate of drug-likeness (QED) is 0.159. The third kappa shape index (κ3) is 5.21. The molecule has 7 nitrogen and oxygen atoms in total.